The third-order valence-electron chi connectivity index (χ3n) is 1.89. The lowest BCUT2D eigenvalue weighted by atomic mass is 10.3. The second-order valence-electron chi connectivity index (χ2n) is 2.79. The molecule has 0 saturated carbocycles. The fourth-order valence-corrected chi connectivity index (χ4v) is 1.26. The van der Waals surface area contributed by atoms with Gasteiger partial charge in [-0.1, -0.05) is 0 Å². The fraction of sp³-hybridized carbons (Fsp3) is 1.00. The molecule has 3 heteroatoms. The van der Waals surface area contributed by atoms with Gasteiger partial charge in [0.2, 0.25) is 0 Å². The molecule has 1 saturated heterocycles. The van der Waals surface area contributed by atoms with E-state index in [1.807, 2.05) is 7.05 Å². The van der Waals surface area contributed by atoms with Gasteiger partial charge in [-0.05, 0) is 13.5 Å². The summed E-state index contributed by atoms with van der Waals surface area (Å²) < 4.78 is 12.5. The lowest BCUT2D eigenvalue weighted by molar-refractivity contribution is 0.289. The van der Waals surface area contributed by atoms with Gasteiger partial charge in [0.25, 0.3) is 0 Å². The maximum Gasteiger partial charge on any atom is 0.114 e. The molecule has 2 nitrogen and oxygen atoms in total. The van der Waals surface area contributed by atoms with Crippen molar-refractivity contribution in [2.45, 2.75) is 12.6 Å². The number of likely N-dealkylation sites (N-methyl/N-ethyl adjacent to an activating group) is 1. The molecule has 1 aliphatic heterocycles. The van der Waals surface area contributed by atoms with Gasteiger partial charge in [0.15, 0.2) is 0 Å². The van der Waals surface area contributed by atoms with E-state index in [0.717, 1.165) is 26.1 Å². The molecule has 1 fully saturated rings. The quantitative estimate of drug-likeness (QED) is 0.614. The van der Waals surface area contributed by atoms with E-state index in [4.69, 9.17) is 0 Å². The number of hydrogen-bond acceptors (Lipinski definition) is 2. The molecule has 0 aromatic carbocycles. The van der Waals surface area contributed by atoms with Crippen molar-refractivity contribution in [3.63, 3.8) is 0 Å². The molecule has 1 aliphatic rings. The summed E-state index contributed by atoms with van der Waals surface area (Å²) >= 11 is 0. The van der Waals surface area contributed by atoms with E-state index in [1.165, 1.54) is 0 Å². The summed E-state index contributed by atoms with van der Waals surface area (Å²) in [4.78, 5) is 2.15. The zero-order valence-electron chi connectivity index (χ0n) is 6.44. The molecule has 0 aromatic rings. The third-order valence-corrected chi connectivity index (χ3v) is 1.89. The van der Waals surface area contributed by atoms with Crippen molar-refractivity contribution in [1.82, 2.24) is 10.2 Å². The van der Waals surface area contributed by atoms with Crippen LogP contribution in [-0.4, -0.2) is 44.3 Å². The highest BCUT2D eigenvalue weighted by Crippen LogP contribution is 2.10. The molecule has 1 N–H and O–H groups in total. The fourth-order valence-electron chi connectivity index (χ4n) is 1.26. The van der Waals surface area contributed by atoms with Crippen molar-refractivity contribution in [3.8, 4) is 0 Å². The average molecular weight is 146 g/mol. The van der Waals surface area contributed by atoms with Gasteiger partial charge in [0.05, 0.1) is 0 Å². The molecule has 60 valence electrons. The van der Waals surface area contributed by atoms with Crippen LogP contribution in [0.15, 0.2) is 0 Å². The van der Waals surface area contributed by atoms with E-state index in [-0.39, 0.29) is 0 Å². The molecule has 1 heterocycles. The van der Waals surface area contributed by atoms with Crippen LogP contribution in [0.4, 0.5) is 4.39 Å². The number of alkyl halides is 1. The normalized spacial score (nSPS) is 27.6. The Balaban J connectivity index is 2.06. The smallest absolute Gasteiger partial charge is 0.114 e. The molecule has 0 bridgehead atoms. The van der Waals surface area contributed by atoms with Gasteiger partial charge in [-0.2, -0.15) is 0 Å². The number of hydrogen-bond donors (Lipinski definition) is 1. The summed E-state index contributed by atoms with van der Waals surface area (Å²) in [5.74, 6) is 0. The van der Waals surface area contributed by atoms with Crippen molar-refractivity contribution in [1.29, 1.82) is 0 Å². The molecule has 10 heavy (non-hydrogen) atoms. The molecule has 0 spiro atoms. The maximum absolute atomic E-state index is 12.5. The van der Waals surface area contributed by atoms with Crippen LogP contribution in [0.25, 0.3) is 0 Å². The number of nitrogens with zero attached hydrogens (tertiary/aromatic N) is 1. The number of nitrogens with one attached hydrogen (secondary N) is 1. The van der Waals surface area contributed by atoms with Crippen molar-refractivity contribution in [2.75, 3.05) is 33.2 Å². The Morgan fingerprint density at radius 3 is 3.00 bits per heavy atom. The van der Waals surface area contributed by atoms with Gasteiger partial charge in [-0.25, -0.2) is 4.39 Å². The first-order valence-corrected chi connectivity index (χ1v) is 3.84. The second-order valence-corrected chi connectivity index (χ2v) is 2.79. The van der Waals surface area contributed by atoms with Gasteiger partial charge in [0.1, 0.15) is 6.17 Å². The standard InChI is InChI=1S/C7H15FN2/c1-9-3-5-10-4-2-7(8)6-10/h7,9H,2-6H2,1H3/t7-/m0/s1. The van der Waals surface area contributed by atoms with Gasteiger partial charge in [-0.15, -0.1) is 0 Å². The minimum atomic E-state index is -0.572. The van der Waals surface area contributed by atoms with Crippen LogP contribution in [0.3, 0.4) is 0 Å². The average Bonchev–Trinajstić information content (AvgIpc) is 2.31. The Labute approximate surface area is 61.4 Å². The van der Waals surface area contributed by atoms with Gasteiger partial charge < -0.3 is 5.32 Å². The molecule has 0 aliphatic carbocycles. The van der Waals surface area contributed by atoms with E-state index in [9.17, 15) is 4.39 Å². The number of halogens is 1. The first-order chi connectivity index (χ1) is 4.83. The summed E-state index contributed by atoms with van der Waals surface area (Å²) in [6.07, 6.45) is 0.154. The zero-order chi connectivity index (χ0) is 7.40. The molecule has 0 amide bonds. The number of likely N-dealkylation sites (tertiary alicyclic amines) is 1. The predicted octanol–water partition coefficient (Wildman–Crippen LogP) is 0.250. The van der Waals surface area contributed by atoms with Crippen molar-refractivity contribution in [2.24, 2.45) is 0 Å². The molecule has 0 aromatic heterocycles. The summed E-state index contributed by atoms with van der Waals surface area (Å²) in [7, 11) is 1.92. The largest absolute Gasteiger partial charge is 0.318 e. The van der Waals surface area contributed by atoms with Gasteiger partial charge in [0, 0.05) is 26.2 Å². The van der Waals surface area contributed by atoms with Gasteiger partial charge in [-0.3, -0.25) is 4.90 Å². The summed E-state index contributed by atoms with van der Waals surface area (Å²) in [6.45, 7) is 3.52. The summed E-state index contributed by atoms with van der Waals surface area (Å²) in [5, 5.41) is 3.05. The highest BCUT2D eigenvalue weighted by molar-refractivity contribution is 4.74. The molecule has 0 unspecified atom stereocenters. The SMILES string of the molecule is CNCCN1CC[C@H](F)C1. The minimum absolute atomic E-state index is 0.572. The van der Waals surface area contributed by atoms with Crippen LogP contribution in [0.1, 0.15) is 6.42 Å². The van der Waals surface area contributed by atoms with E-state index >= 15 is 0 Å². The van der Waals surface area contributed by atoms with Crippen molar-refractivity contribution < 1.29 is 4.39 Å². The third kappa shape index (κ3) is 2.23. The van der Waals surface area contributed by atoms with Crippen molar-refractivity contribution in [3.05, 3.63) is 0 Å². The number of rotatable bonds is 3. The second kappa shape index (κ2) is 3.88. The monoisotopic (exact) mass is 146 g/mol. The maximum atomic E-state index is 12.5. The van der Waals surface area contributed by atoms with Gasteiger partial charge >= 0.3 is 0 Å². The lowest BCUT2D eigenvalue weighted by Crippen LogP contribution is -2.29. The zero-order valence-corrected chi connectivity index (χ0v) is 6.44. The first kappa shape index (κ1) is 7.95. The van der Waals surface area contributed by atoms with E-state index in [0.29, 0.717) is 6.54 Å². The van der Waals surface area contributed by atoms with Crippen LogP contribution >= 0.6 is 0 Å². The van der Waals surface area contributed by atoms with Crippen LogP contribution < -0.4 is 5.32 Å². The Bertz CT molecular complexity index is 97.6. The summed E-state index contributed by atoms with van der Waals surface area (Å²) in [5.41, 5.74) is 0. The van der Waals surface area contributed by atoms with Crippen molar-refractivity contribution >= 4 is 0 Å². The molecule has 0 radical (unpaired) electrons. The Morgan fingerprint density at radius 1 is 1.70 bits per heavy atom. The Hall–Kier alpha value is -0.150. The molecule has 1 atom stereocenters. The highest BCUT2D eigenvalue weighted by atomic mass is 19.1. The molecular weight excluding hydrogens is 131 g/mol. The summed E-state index contributed by atoms with van der Waals surface area (Å²) in [6, 6.07) is 0. The minimum Gasteiger partial charge on any atom is -0.318 e. The topological polar surface area (TPSA) is 15.3 Å². The highest BCUT2D eigenvalue weighted by Gasteiger charge is 2.20. The van der Waals surface area contributed by atoms with Crippen LogP contribution in [0, 0.1) is 0 Å². The Kier molecular flexibility index (Phi) is 3.09. The lowest BCUT2D eigenvalue weighted by Gasteiger charge is -2.12. The van der Waals surface area contributed by atoms with Crippen LogP contribution in [0.5, 0.6) is 0 Å². The molecule has 1 rings (SSSR count). The van der Waals surface area contributed by atoms with Crippen LogP contribution in [-0.2, 0) is 0 Å². The molecular formula is C7H15FN2. The van der Waals surface area contributed by atoms with Crippen LogP contribution in [0.2, 0.25) is 0 Å². The predicted molar refractivity (Wildman–Crippen MR) is 39.9 cm³/mol. The Morgan fingerprint density at radius 2 is 2.50 bits per heavy atom. The van der Waals surface area contributed by atoms with E-state index in [1.54, 1.807) is 0 Å². The first-order valence-electron chi connectivity index (χ1n) is 3.84. The van der Waals surface area contributed by atoms with E-state index < -0.39 is 6.17 Å². The van der Waals surface area contributed by atoms with E-state index in [2.05, 4.69) is 10.2 Å².